The van der Waals surface area contributed by atoms with E-state index in [1.807, 2.05) is 35.2 Å². The number of carbonyl (C=O) groups is 2. The molecule has 26 heavy (non-hydrogen) atoms. The fraction of sp³-hybridized carbons (Fsp3) is 0.333. The summed E-state index contributed by atoms with van der Waals surface area (Å²) in [5, 5.41) is 8.80. The van der Waals surface area contributed by atoms with Crippen LogP contribution in [0, 0.1) is 5.41 Å². The number of rotatable bonds is 3. The average molecular weight is 350 g/mol. The van der Waals surface area contributed by atoms with Crippen molar-refractivity contribution in [1.29, 1.82) is 0 Å². The molecule has 5 heteroatoms. The first-order valence-corrected chi connectivity index (χ1v) is 9.01. The van der Waals surface area contributed by atoms with Crippen LogP contribution in [0.15, 0.2) is 48.5 Å². The van der Waals surface area contributed by atoms with Gasteiger partial charge in [0.15, 0.2) is 0 Å². The fourth-order valence-electron chi connectivity index (χ4n) is 4.31. The molecule has 2 N–H and O–H groups in total. The largest absolute Gasteiger partial charge is 0.338 e. The molecule has 2 amide bonds. The van der Waals surface area contributed by atoms with E-state index in [1.165, 1.54) is 0 Å². The molecule has 0 aromatic heterocycles. The zero-order chi connectivity index (χ0) is 18.1. The molecule has 134 valence electrons. The smallest absolute Gasteiger partial charge is 0.274 e. The van der Waals surface area contributed by atoms with Crippen LogP contribution in [0.2, 0.25) is 0 Å². The zero-order valence-corrected chi connectivity index (χ0v) is 14.6. The maximum Gasteiger partial charge on any atom is 0.274 e. The Hall–Kier alpha value is -2.66. The first kappa shape index (κ1) is 16.8. The monoisotopic (exact) mass is 350 g/mol. The molecule has 2 aliphatic rings. The van der Waals surface area contributed by atoms with Gasteiger partial charge in [-0.25, -0.2) is 5.48 Å². The lowest BCUT2D eigenvalue weighted by Gasteiger charge is -2.33. The van der Waals surface area contributed by atoms with Crippen LogP contribution in [0.25, 0.3) is 0 Å². The molecule has 5 nitrogen and oxygen atoms in total. The van der Waals surface area contributed by atoms with Crippen LogP contribution in [0.1, 0.15) is 39.9 Å². The maximum absolute atomic E-state index is 13.1. The van der Waals surface area contributed by atoms with Gasteiger partial charge in [-0.15, -0.1) is 0 Å². The summed E-state index contributed by atoms with van der Waals surface area (Å²) in [6.07, 6.45) is 3.21. The number of amides is 2. The molecule has 0 radical (unpaired) electrons. The van der Waals surface area contributed by atoms with E-state index in [0.29, 0.717) is 12.1 Å². The standard InChI is InChI=1S/C21H22N2O3/c24-19(22-26)17-6-7-18-13-21(9-8-16(18)12-17)10-11-23(20(21)25)14-15-4-2-1-3-5-15/h1-7,12,26H,8-11,13-14H2,(H,22,24)/t21-/m0/s1. The molecule has 0 unspecified atom stereocenters. The minimum atomic E-state index is -0.501. The molecule has 1 saturated heterocycles. The van der Waals surface area contributed by atoms with Crippen molar-refractivity contribution in [2.45, 2.75) is 32.2 Å². The number of aryl methyl sites for hydroxylation is 1. The van der Waals surface area contributed by atoms with Crippen molar-refractivity contribution in [2.24, 2.45) is 5.41 Å². The van der Waals surface area contributed by atoms with Crippen LogP contribution in [0.3, 0.4) is 0 Å². The molecule has 2 aromatic rings. The van der Waals surface area contributed by atoms with Crippen molar-refractivity contribution in [3.8, 4) is 0 Å². The molecule has 1 spiro atoms. The fourth-order valence-corrected chi connectivity index (χ4v) is 4.31. The normalized spacial score (nSPS) is 21.7. The van der Waals surface area contributed by atoms with Gasteiger partial charge in [0, 0.05) is 18.7 Å². The number of hydrogen-bond acceptors (Lipinski definition) is 3. The Morgan fingerprint density at radius 2 is 1.92 bits per heavy atom. The Bertz CT molecular complexity index is 850. The lowest BCUT2D eigenvalue weighted by atomic mass is 9.70. The molecule has 1 heterocycles. The summed E-state index contributed by atoms with van der Waals surface area (Å²) in [7, 11) is 0. The van der Waals surface area contributed by atoms with E-state index in [0.717, 1.165) is 48.9 Å². The van der Waals surface area contributed by atoms with E-state index in [-0.39, 0.29) is 11.3 Å². The summed E-state index contributed by atoms with van der Waals surface area (Å²) in [5.74, 6) is -0.247. The summed E-state index contributed by atoms with van der Waals surface area (Å²) >= 11 is 0. The number of carbonyl (C=O) groups excluding carboxylic acids is 2. The highest BCUT2D eigenvalue weighted by Crippen LogP contribution is 2.44. The number of nitrogens with one attached hydrogen (secondary N) is 1. The predicted molar refractivity (Wildman–Crippen MR) is 96.6 cm³/mol. The summed E-state index contributed by atoms with van der Waals surface area (Å²) in [4.78, 5) is 26.7. The number of likely N-dealkylation sites (tertiary alicyclic amines) is 1. The van der Waals surface area contributed by atoms with E-state index >= 15 is 0 Å². The second-order valence-electron chi connectivity index (χ2n) is 7.34. The molecule has 2 aromatic carbocycles. The van der Waals surface area contributed by atoms with Gasteiger partial charge < -0.3 is 4.90 Å². The predicted octanol–water partition coefficient (Wildman–Crippen LogP) is 2.71. The quantitative estimate of drug-likeness (QED) is 0.661. The Morgan fingerprint density at radius 3 is 2.69 bits per heavy atom. The minimum absolute atomic E-state index is 0.254. The van der Waals surface area contributed by atoms with E-state index in [1.54, 1.807) is 11.5 Å². The van der Waals surface area contributed by atoms with E-state index < -0.39 is 5.91 Å². The highest BCUT2D eigenvalue weighted by Gasteiger charge is 2.47. The summed E-state index contributed by atoms with van der Waals surface area (Å²) < 4.78 is 0. The Labute approximate surface area is 152 Å². The highest BCUT2D eigenvalue weighted by molar-refractivity contribution is 5.93. The third-order valence-corrected chi connectivity index (χ3v) is 5.79. The molecule has 1 aliphatic heterocycles. The molecular weight excluding hydrogens is 328 g/mol. The zero-order valence-electron chi connectivity index (χ0n) is 14.6. The van der Waals surface area contributed by atoms with Crippen molar-refractivity contribution in [3.63, 3.8) is 0 Å². The topological polar surface area (TPSA) is 69.6 Å². The third kappa shape index (κ3) is 2.88. The first-order valence-electron chi connectivity index (χ1n) is 9.01. The number of benzene rings is 2. The Morgan fingerprint density at radius 1 is 1.12 bits per heavy atom. The first-order chi connectivity index (χ1) is 12.6. The number of nitrogens with zero attached hydrogens (tertiary/aromatic N) is 1. The lowest BCUT2D eigenvalue weighted by Crippen LogP contribution is -2.38. The maximum atomic E-state index is 13.1. The van der Waals surface area contributed by atoms with Gasteiger partial charge >= 0.3 is 0 Å². The Balaban J connectivity index is 1.52. The van der Waals surface area contributed by atoms with Crippen LogP contribution in [0.4, 0.5) is 0 Å². The van der Waals surface area contributed by atoms with Gasteiger partial charge in [-0.1, -0.05) is 36.4 Å². The van der Waals surface area contributed by atoms with Crippen LogP contribution in [-0.4, -0.2) is 28.5 Å². The molecule has 1 fully saturated rings. The van der Waals surface area contributed by atoms with Gasteiger partial charge in [0.25, 0.3) is 5.91 Å². The van der Waals surface area contributed by atoms with Crippen molar-refractivity contribution < 1.29 is 14.8 Å². The molecule has 1 atom stereocenters. The van der Waals surface area contributed by atoms with Crippen molar-refractivity contribution in [2.75, 3.05) is 6.54 Å². The van der Waals surface area contributed by atoms with Crippen molar-refractivity contribution >= 4 is 11.8 Å². The van der Waals surface area contributed by atoms with Crippen LogP contribution in [-0.2, 0) is 24.2 Å². The lowest BCUT2D eigenvalue weighted by molar-refractivity contribution is -0.137. The van der Waals surface area contributed by atoms with Gasteiger partial charge in [-0.3, -0.25) is 14.8 Å². The van der Waals surface area contributed by atoms with Gasteiger partial charge in [0.2, 0.25) is 5.91 Å². The van der Waals surface area contributed by atoms with Gasteiger partial charge in [-0.05, 0) is 54.5 Å². The average Bonchev–Trinajstić information content (AvgIpc) is 2.97. The molecule has 0 saturated carbocycles. The van der Waals surface area contributed by atoms with Crippen molar-refractivity contribution in [3.05, 3.63) is 70.8 Å². The van der Waals surface area contributed by atoms with E-state index in [9.17, 15) is 9.59 Å². The molecule has 0 bridgehead atoms. The number of hydroxylamine groups is 1. The van der Waals surface area contributed by atoms with E-state index in [2.05, 4.69) is 12.1 Å². The van der Waals surface area contributed by atoms with Gasteiger partial charge in [0.05, 0.1) is 5.41 Å². The van der Waals surface area contributed by atoms with Crippen molar-refractivity contribution in [1.82, 2.24) is 10.4 Å². The SMILES string of the molecule is O=C(NO)c1ccc2c(c1)CC[C@]1(CCN(Cc3ccccc3)C1=O)C2. The van der Waals surface area contributed by atoms with Crippen LogP contribution >= 0.6 is 0 Å². The number of hydrogen-bond donors (Lipinski definition) is 2. The second-order valence-corrected chi connectivity index (χ2v) is 7.34. The second kappa shape index (κ2) is 6.57. The molecule has 1 aliphatic carbocycles. The van der Waals surface area contributed by atoms with Crippen LogP contribution < -0.4 is 5.48 Å². The minimum Gasteiger partial charge on any atom is -0.338 e. The molecule has 4 rings (SSSR count). The van der Waals surface area contributed by atoms with Gasteiger partial charge in [-0.2, -0.15) is 0 Å². The molecular formula is C21H22N2O3. The highest BCUT2D eigenvalue weighted by atomic mass is 16.5. The summed E-state index contributed by atoms with van der Waals surface area (Å²) in [6, 6.07) is 15.6. The summed E-state index contributed by atoms with van der Waals surface area (Å²) in [6.45, 7) is 1.47. The number of fused-ring (bicyclic) bond motifs is 1. The van der Waals surface area contributed by atoms with Gasteiger partial charge in [0.1, 0.15) is 0 Å². The summed E-state index contributed by atoms with van der Waals surface area (Å²) in [5.41, 5.74) is 5.22. The van der Waals surface area contributed by atoms with Crippen LogP contribution in [0.5, 0.6) is 0 Å². The third-order valence-electron chi connectivity index (χ3n) is 5.79. The Kier molecular flexibility index (Phi) is 4.24. The van der Waals surface area contributed by atoms with E-state index in [4.69, 9.17) is 5.21 Å².